The van der Waals surface area contributed by atoms with Gasteiger partial charge >= 0.3 is 5.97 Å². The number of ketones is 1. The molecule has 0 unspecified atom stereocenters. The summed E-state index contributed by atoms with van der Waals surface area (Å²) < 4.78 is 6.02. The topological polar surface area (TPSA) is 83.2 Å². The molecule has 31 heavy (non-hydrogen) atoms. The van der Waals surface area contributed by atoms with E-state index in [9.17, 15) is 14.7 Å². The Morgan fingerprint density at radius 3 is 1.90 bits per heavy atom. The number of benzene rings is 2. The lowest BCUT2D eigenvalue weighted by Crippen LogP contribution is -2.42. The third-order valence-electron chi connectivity index (χ3n) is 5.18. The summed E-state index contributed by atoms with van der Waals surface area (Å²) in [6.07, 6.45) is 1.54. The molecule has 0 fully saturated rings. The van der Waals surface area contributed by atoms with Crippen molar-refractivity contribution in [2.45, 2.75) is 13.8 Å². The van der Waals surface area contributed by atoms with Gasteiger partial charge in [-0.15, -0.1) is 0 Å². The average molecular weight is 412 g/mol. The summed E-state index contributed by atoms with van der Waals surface area (Å²) in [7, 11) is 1.26. The second-order valence-electron chi connectivity index (χ2n) is 7.13. The van der Waals surface area contributed by atoms with Crippen LogP contribution in [-0.4, -0.2) is 24.0 Å². The van der Waals surface area contributed by atoms with E-state index in [1.165, 1.54) is 31.7 Å². The number of esters is 1. The standard InChI is InChI=1S/C25H20N2O4/c1-15(28)22(24(16(2)29)27-14-8-13-21(26-27)25(30)31-3)23-19-11-6-4-9-17(19)18-10-5-7-12-20(18)23/h4-14H,1-3H3. The van der Waals surface area contributed by atoms with Gasteiger partial charge in [0.2, 0.25) is 17.6 Å². The van der Waals surface area contributed by atoms with Gasteiger partial charge in [-0.05, 0) is 42.2 Å². The zero-order chi connectivity index (χ0) is 22.1. The van der Waals surface area contributed by atoms with Gasteiger partial charge in [0.25, 0.3) is 0 Å². The Bertz CT molecular complexity index is 1240. The minimum atomic E-state index is -0.633. The van der Waals surface area contributed by atoms with Crippen molar-refractivity contribution < 1.29 is 24.1 Å². The number of Topliss-reactive ketones (excluding diaryl/α,β-unsaturated/α-hetero) is 1. The number of allylic oxidation sites excluding steroid dienone is 3. The first-order valence-electron chi connectivity index (χ1n) is 9.74. The van der Waals surface area contributed by atoms with Crippen LogP contribution >= 0.6 is 0 Å². The summed E-state index contributed by atoms with van der Waals surface area (Å²) in [6.45, 7) is 2.81. The van der Waals surface area contributed by atoms with Gasteiger partial charge in [0.05, 0.1) is 12.7 Å². The predicted molar refractivity (Wildman–Crippen MR) is 113 cm³/mol. The van der Waals surface area contributed by atoms with Gasteiger partial charge in [-0.2, -0.15) is 0 Å². The summed E-state index contributed by atoms with van der Waals surface area (Å²) in [4.78, 5) is 25.0. The van der Waals surface area contributed by atoms with E-state index < -0.39 is 5.97 Å². The summed E-state index contributed by atoms with van der Waals surface area (Å²) in [6, 6.07) is 18.6. The summed E-state index contributed by atoms with van der Waals surface area (Å²) in [5, 5.41) is 17.1. The normalized spacial score (nSPS) is 12.5. The van der Waals surface area contributed by atoms with Gasteiger partial charge < -0.3 is 9.84 Å². The van der Waals surface area contributed by atoms with Crippen LogP contribution in [0.25, 0.3) is 22.4 Å². The summed E-state index contributed by atoms with van der Waals surface area (Å²) in [5.74, 6) is -1.26. The molecule has 1 aliphatic carbocycles. The van der Waals surface area contributed by atoms with Crippen LogP contribution in [0.5, 0.6) is 0 Å². The summed E-state index contributed by atoms with van der Waals surface area (Å²) in [5.41, 5.74) is 4.80. The van der Waals surface area contributed by atoms with Gasteiger partial charge in [0.15, 0.2) is 5.78 Å². The van der Waals surface area contributed by atoms with Crippen LogP contribution in [0.15, 0.2) is 78.2 Å². The molecular weight excluding hydrogens is 392 g/mol. The maximum absolute atomic E-state index is 13.0. The molecule has 1 aliphatic rings. The van der Waals surface area contributed by atoms with E-state index in [2.05, 4.69) is 5.10 Å². The molecule has 0 N–H and O–H groups in total. The first-order chi connectivity index (χ1) is 14.9. The SMILES string of the molecule is COC(=O)c1ccc[n+](/C(C(C(C)=O)=C2c3ccccc3-c3ccccc32)=C(/C)[O-])n1. The molecule has 0 saturated carbocycles. The molecule has 0 saturated heterocycles. The van der Waals surface area contributed by atoms with E-state index in [0.717, 1.165) is 22.3 Å². The van der Waals surface area contributed by atoms with E-state index in [1.54, 1.807) is 12.3 Å². The van der Waals surface area contributed by atoms with Gasteiger partial charge in [-0.25, -0.2) is 4.79 Å². The second kappa shape index (κ2) is 7.99. The molecule has 1 aromatic heterocycles. The van der Waals surface area contributed by atoms with Crippen molar-refractivity contribution in [2.75, 3.05) is 7.11 Å². The Morgan fingerprint density at radius 1 is 0.871 bits per heavy atom. The van der Waals surface area contributed by atoms with Gasteiger partial charge in [0, 0.05) is 16.7 Å². The van der Waals surface area contributed by atoms with Gasteiger partial charge in [-0.3, -0.25) is 4.79 Å². The maximum Gasteiger partial charge on any atom is 0.362 e. The van der Waals surface area contributed by atoms with E-state index in [-0.39, 0.29) is 28.5 Å². The van der Waals surface area contributed by atoms with Crippen molar-refractivity contribution in [1.82, 2.24) is 5.10 Å². The molecule has 6 nitrogen and oxygen atoms in total. The van der Waals surface area contributed by atoms with E-state index in [4.69, 9.17) is 4.74 Å². The Balaban J connectivity index is 2.06. The highest BCUT2D eigenvalue weighted by Crippen LogP contribution is 2.46. The van der Waals surface area contributed by atoms with Crippen molar-refractivity contribution in [3.05, 3.63) is 95.0 Å². The Kier molecular flexibility index (Phi) is 5.21. The van der Waals surface area contributed by atoms with E-state index >= 15 is 0 Å². The highest BCUT2D eigenvalue weighted by Gasteiger charge is 2.33. The third-order valence-corrected chi connectivity index (χ3v) is 5.18. The van der Waals surface area contributed by atoms with Crippen molar-refractivity contribution in [1.29, 1.82) is 0 Å². The van der Waals surface area contributed by atoms with Crippen molar-refractivity contribution in [2.24, 2.45) is 0 Å². The van der Waals surface area contributed by atoms with Crippen LogP contribution in [0.2, 0.25) is 0 Å². The van der Waals surface area contributed by atoms with Crippen molar-refractivity contribution in [3.8, 4) is 11.1 Å². The summed E-state index contributed by atoms with van der Waals surface area (Å²) >= 11 is 0. The first kappa shape index (κ1) is 20.2. The molecule has 0 spiro atoms. The number of carbonyl (C=O) groups excluding carboxylic acids is 2. The monoisotopic (exact) mass is 412 g/mol. The molecule has 4 rings (SSSR count). The Morgan fingerprint density at radius 2 is 1.42 bits per heavy atom. The second-order valence-corrected chi connectivity index (χ2v) is 7.13. The number of hydrogen-bond donors (Lipinski definition) is 0. The molecule has 0 aliphatic heterocycles. The van der Waals surface area contributed by atoms with E-state index in [0.29, 0.717) is 5.57 Å². The number of aromatic nitrogens is 2. The Labute approximate surface area is 179 Å². The molecule has 0 radical (unpaired) electrons. The van der Waals surface area contributed by atoms with Crippen LogP contribution in [0.1, 0.15) is 35.5 Å². The van der Waals surface area contributed by atoms with Gasteiger partial charge in [0.1, 0.15) is 0 Å². The van der Waals surface area contributed by atoms with E-state index in [1.807, 2.05) is 48.5 Å². The fraction of sp³-hybridized carbons (Fsp3) is 0.120. The lowest BCUT2D eigenvalue weighted by molar-refractivity contribution is -0.648. The maximum atomic E-state index is 13.0. The third kappa shape index (κ3) is 3.42. The lowest BCUT2D eigenvalue weighted by atomic mass is 9.93. The quantitative estimate of drug-likeness (QED) is 0.223. The molecule has 0 bridgehead atoms. The molecule has 154 valence electrons. The minimum absolute atomic E-state index is 0.0314. The number of hydrogen-bond acceptors (Lipinski definition) is 5. The molecule has 0 amide bonds. The number of methoxy groups -OCH3 is 1. The minimum Gasteiger partial charge on any atom is -0.871 e. The van der Waals surface area contributed by atoms with Crippen LogP contribution in [0.3, 0.4) is 0 Å². The van der Waals surface area contributed by atoms with Crippen LogP contribution in [0, 0.1) is 0 Å². The van der Waals surface area contributed by atoms with Gasteiger partial charge in [-0.1, -0.05) is 59.0 Å². The highest BCUT2D eigenvalue weighted by atomic mass is 16.5. The lowest BCUT2D eigenvalue weighted by Gasteiger charge is -2.14. The zero-order valence-corrected chi connectivity index (χ0v) is 17.4. The molecule has 6 heteroatoms. The number of fused-ring (bicyclic) bond motifs is 3. The van der Waals surface area contributed by atoms with Crippen molar-refractivity contribution >= 4 is 23.0 Å². The molecule has 0 atom stereocenters. The number of ether oxygens (including phenoxy) is 1. The fourth-order valence-corrected chi connectivity index (χ4v) is 3.94. The smallest absolute Gasteiger partial charge is 0.362 e. The predicted octanol–water partition coefficient (Wildman–Crippen LogP) is 2.78. The van der Waals surface area contributed by atoms with Crippen molar-refractivity contribution in [3.63, 3.8) is 0 Å². The number of rotatable bonds is 4. The van der Waals surface area contributed by atoms with Crippen LogP contribution < -0.4 is 9.79 Å². The fourth-order valence-electron chi connectivity index (χ4n) is 3.94. The average Bonchev–Trinajstić information content (AvgIpc) is 3.10. The first-order valence-corrected chi connectivity index (χ1v) is 9.74. The number of nitrogens with zero attached hydrogens (tertiary/aromatic N) is 2. The highest BCUT2D eigenvalue weighted by molar-refractivity contribution is 6.17. The molecular formula is C25H20N2O4. The Hall–Kier alpha value is -4.06. The molecule has 3 aromatic rings. The number of carbonyl (C=O) groups is 2. The molecule has 2 aromatic carbocycles. The molecule has 1 heterocycles. The van der Waals surface area contributed by atoms with Crippen LogP contribution in [0.4, 0.5) is 0 Å². The zero-order valence-electron chi connectivity index (χ0n) is 17.4. The largest absolute Gasteiger partial charge is 0.871 e. The van der Waals surface area contributed by atoms with Crippen LogP contribution in [-0.2, 0) is 9.53 Å².